The second-order valence-electron chi connectivity index (χ2n) is 9.47. The Hall–Kier alpha value is -2.22. The number of anilines is 1. The lowest BCUT2D eigenvalue weighted by molar-refractivity contribution is -0.185. The molecule has 1 aromatic heterocycles. The molecule has 1 atom stereocenters. The third-order valence-electron chi connectivity index (χ3n) is 5.48. The molecule has 2 aliphatic heterocycles. The SMILES string of the molecule is CC(C)(C)OC(=O)Nc1ncc(C(CN2CCC(C(F)(F)F)CC2)N2CC(F)(F)CNC2=O)s1. The summed E-state index contributed by atoms with van der Waals surface area (Å²) < 4.78 is 72.5. The number of hydrogen-bond acceptors (Lipinski definition) is 6. The van der Waals surface area contributed by atoms with E-state index in [4.69, 9.17) is 4.74 Å². The fraction of sp³-hybridized carbons (Fsp3) is 0.750. The second kappa shape index (κ2) is 9.80. The summed E-state index contributed by atoms with van der Waals surface area (Å²) in [6, 6.07) is -1.59. The van der Waals surface area contributed by atoms with Crippen LogP contribution in [0.5, 0.6) is 0 Å². The number of piperidine rings is 1. The first-order chi connectivity index (χ1) is 15.6. The number of carbonyl (C=O) groups is 2. The second-order valence-corrected chi connectivity index (χ2v) is 10.5. The Morgan fingerprint density at radius 1 is 1.32 bits per heavy atom. The van der Waals surface area contributed by atoms with Crippen molar-refractivity contribution in [2.45, 2.75) is 57.4 Å². The summed E-state index contributed by atoms with van der Waals surface area (Å²) >= 11 is 0.988. The van der Waals surface area contributed by atoms with E-state index in [0.717, 1.165) is 16.2 Å². The van der Waals surface area contributed by atoms with Crippen LogP contribution in [0.1, 0.15) is 44.5 Å². The zero-order valence-electron chi connectivity index (χ0n) is 19.0. The average molecular weight is 514 g/mol. The molecule has 0 bridgehead atoms. The quantitative estimate of drug-likeness (QED) is 0.568. The van der Waals surface area contributed by atoms with Gasteiger partial charge in [-0.25, -0.2) is 23.4 Å². The molecule has 34 heavy (non-hydrogen) atoms. The van der Waals surface area contributed by atoms with Gasteiger partial charge in [0.2, 0.25) is 0 Å². The summed E-state index contributed by atoms with van der Waals surface area (Å²) in [5, 5.41) is 4.78. The highest BCUT2D eigenvalue weighted by Crippen LogP contribution is 2.37. The molecule has 3 heterocycles. The number of carbonyl (C=O) groups excluding carboxylic acids is 2. The largest absolute Gasteiger partial charge is 0.444 e. The van der Waals surface area contributed by atoms with Crippen LogP contribution in [0.2, 0.25) is 0 Å². The number of thiazole rings is 1. The van der Waals surface area contributed by atoms with E-state index in [-0.39, 0.29) is 37.6 Å². The fourth-order valence-corrected chi connectivity index (χ4v) is 4.76. The summed E-state index contributed by atoms with van der Waals surface area (Å²) in [7, 11) is 0. The van der Waals surface area contributed by atoms with Crippen LogP contribution < -0.4 is 10.6 Å². The molecule has 0 saturated carbocycles. The number of amides is 3. The minimum absolute atomic E-state index is 0.0577. The molecule has 2 N–H and O–H groups in total. The van der Waals surface area contributed by atoms with Crippen LogP contribution in [-0.2, 0) is 4.74 Å². The van der Waals surface area contributed by atoms with Crippen molar-refractivity contribution < 1.29 is 36.3 Å². The lowest BCUT2D eigenvalue weighted by atomic mass is 9.96. The third kappa shape index (κ3) is 7.14. The van der Waals surface area contributed by atoms with Crippen molar-refractivity contribution >= 4 is 28.6 Å². The maximum Gasteiger partial charge on any atom is 0.413 e. The highest BCUT2D eigenvalue weighted by molar-refractivity contribution is 7.15. The predicted octanol–water partition coefficient (Wildman–Crippen LogP) is 4.47. The zero-order valence-corrected chi connectivity index (χ0v) is 19.9. The topological polar surface area (TPSA) is 86.8 Å². The average Bonchev–Trinajstić information content (AvgIpc) is 3.14. The van der Waals surface area contributed by atoms with E-state index in [2.05, 4.69) is 15.6 Å². The Balaban J connectivity index is 1.77. The van der Waals surface area contributed by atoms with Crippen molar-refractivity contribution in [3.8, 4) is 0 Å². The highest BCUT2D eigenvalue weighted by Gasteiger charge is 2.44. The first-order valence-electron chi connectivity index (χ1n) is 10.8. The van der Waals surface area contributed by atoms with Gasteiger partial charge in [0.25, 0.3) is 5.92 Å². The Bertz CT molecular complexity index is 881. The highest BCUT2D eigenvalue weighted by atomic mass is 32.1. The molecule has 2 fully saturated rings. The van der Waals surface area contributed by atoms with Crippen molar-refractivity contribution in [1.29, 1.82) is 0 Å². The van der Waals surface area contributed by atoms with Gasteiger partial charge < -0.3 is 19.9 Å². The van der Waals surface area contributed by atoms with Crippen molar-refractivity contribution in [2.24, 2.45) is 5.92 Å². The molecular formula is C20H28F5N5O3S. The maximum absolute atomic E-state index is 14.1. The molecule has 0 aromatic carbocycles. The van der Waals surface area contributed by atoms with Gasteiger partial charge in [-0.1, -0.05) is 11.3 Å². The number of urea groups is 1. The molecule has 8 nitrogen and oxygen atoms in total. The number of nitrogens with zero attached hydrogens (tertiary/aromatic N) is 3. The summed E-state index contributed by atoms with van der Waals surface area (Å²) in [6.45, 7) is 3.73. The molecule has 2 aliphatic rings. The monoisotopic (exact) mass is 513 g/mol. The Kier molecular flexibility index (Phi) is 7.60. The van der Waals surface area contributed by atoms with Gasteiger partial charge in [0.1, 0.15) is 5.60 Å². The fourth-order valence-electron chi connectivity index (χ4n) is 3.85. The van der Waals surface area contributed by atoms with E-state index in [0.29, 0.717) is 4.88 Å². The Morgan fingerprint density at radius 3 is 2.56 bits per heavy atom. The summed E-state index contributed by atoms with van der Waals surface area (Å²) in [4.78, 5) is 31.7. The molecule has 0 spiro atoms. The lowest BCUT2D eigenvalue weighted by Crippen LogP contribution is -2.59. The van der Waals surface area contributed by atoms with Crippen molar-refractivity contribution in [3.63, 3.8) is 0 Å². The van der Waals surface area contributed by atoms with Crippen molar-refractivity contribution in [3.05, 3.63) is 11.1 Å². The Morgan fingerprint density at radius 2 is 1.97 bits per heavy atom. The summed E-state index contributed by atoms with van der Waals surface area (Å²) in [5.41, 5.74) is -0.743. The van der Waals surface area contributed by atoms with Gasteiger partial charge in [0, 0.05) is 12.7 Å². The minimum Gasteiger partial charge on any atom is -0.444 e. The Labute approximate surface area is 197 Å². The normalized spacial score (nSPS) is 21.2. The van der Waals surface area contributed by atoms with Crippen LogP contribution in [0.4, 0.5) is 36.7 Å². The maximum atomic E-state index is 14.1. The predicted molar refractivity (Wildman–Crippen MR) is 115 cm³/mol. The van der Waals surface area contributed by atoms with Crippen LogP contribution in [0, 0.1) is 5.92 Å². The molecule has 0 aliphatic carbocycles. The number of aromatic nitrogens is 1. The van der Waals surface area contributed by atoms with Gasteiger partial charge in [-0.15, -0.1) is 0 Å². The number of nitrogens with one attached hydrogen (secondary N) is 2. The van der Waals surface area contributed by atoms with Gasteiger partial charge in [-0.3, -0.25) is 5.32 Å². The van der Waals surface area contributed by atoms with Gasteiger partial charge in [-0.2, -0.15) is 13.2 Å². The molecule has 3 rings (SSSR count). The summed E-state index contributed by atoms with van der Waals surface area (Å²) in [6.07, 6.45) is -3.87. The number of halogens is 5. The third-order valence-corrected chi connectivity index (χ3v) is 6.49. The smallest absolute Gasteiger partial charge is 0.413 e. The van der Waals surface area contributed by atoms with Crippen LogP contribution in [0.25, 0.3) is 0 Å². The van der Waals surface area contributed by atoms with E-state index in [9.17, 15) is 31.5 Å². The van der Waals surface area contributed by atoms with Crippen LogP contribution in [0.3, 0.4) is 0 Å². The standard InChI is InChI=1S/C20H28F5N5O3S/c1-18(2,3)33-17(32)28-15-26-8-14(34-15)13(30-11-19(21,22)10-27-16(30)31)9-29-6-4-12(5-7-29)20(23,24)25/h8,12-13H,4-7,9-11H2,1-3H3,(H,27,31)(H,26,28,32). The number of alkyl halides is 5. The van der Waals surface area contributed by atoms with Crippen LogP contribution in [0.15, 0.2) is 6.20 Å². The molecular weight excluding hydrogens is 485 g/mol. The molecule has 0 radical (unpaired) electrons. The van der Waals surface area contributed by atoms with E-state index in [1.54, 1.807) is 25.7 Å². The van der Waals surface area contributed by atoms with Gasteiger partial charge in [-0.05, 0) is 46.7 Å². The van der Waals surface area contributed by atoms with E-state index < -0.39 is 54.9 Å². The van der Waals surface area contributed by atoms with Gasteiger partial charge >= 0.3 is 18.3 Å². The van der Waals surface area contributed by atoms with E-state index >= 15 is 0 Å². The number of rotatable bonds is 5. The zero-order chi connectivity index (χ0) is 25.3. The van der Waals surface area contributed by atoms with Crippen LogP contribution in [-0.4, -0.2) is 77.3 Å². The molecule has 3 amide bonds. The van der Waals surface area contributed by atoms with Gasteiger partial charge in [0.05, 0.1) is 29.9 Å². The molecule has 14 heteroatoms. The van der Waals surface area contributed by atoms with Gasteiger partial charge in [0.15, 0.2) is 5.13 Å². The van der Waals surface area contributed by atoms with Crippen molar-refractivity contribution in [2.75, 3.05) is 38.0 Å². The number of hydrogen-bond donors (Lipinski definition) is 2. The number of ether oxygens (including phenoxy) is 1. The summed E-state index contributed by atoms with van der Waals surface area (Å²) in [5.74, 6) is -4.57. The van der Waals surface area contributed by atoms with E-state index in [1.807, 2.05) is 0 Å². The number of likely N-dealkylation sites (tertiary alicyclic amines) is 1. The lowest BCUT2D eigenvalue weighted by Gasteiger charge is -2.41. The molecule has 1 aromatic rings. The molecule has 2 saturated heterocycles. The molecule has 1 unspecified atom stereocenters. The van der Waals surface area contributed by atoms with Crippen molar-refractivity contribution in [1.82, 2.24) is 20.1 Å². The van der Waals surface area contributed by atoms with E-state index in [1.165, 1.54) is 6.20 Å². The first-order valence-corrected chi connectivity index (χ1v) is 11.6. The first kappa shape index (κ1) is 26.4. The van der Waals surface area contributed by atoms with Crippen LogP contribution >= 0.6 is 11.3 Å². The molecule has 192 valence electrons. The minimum atomic E-state index is -4.28.